The van der Waals surface area contributed by atoms with Gasteiger partial charge in [-0.15, -0.1) is 0 Å². The number of aromatic nitrogens is 1. The number of pyridine rings is 1. The van der Waals surface area contributed by atoms with E-state index in [1.165, 1.54) is 18.2 Å². The van der Waals surface area contributed by atoms with E-state index in [-0.39, 0.29) is 28.4 Å². The van der Waals surface area contributed by atoms with Gasteiger partial charge < -0.3 is 5.32 Å². The van der Waals surface area contributed by atoms with Crippen molar-refractivity contribution in [3.63, 3.8) is 0 Å². The standard InChI is InChI=1S/C16H12FN5OS/c1-9-2-3-13(12(17)4-9)21-14(23)8-24-16-11(7-19)5-10(6-18)15(20)22-16/h2-5H,8H2,1H3,(H2,20,22)(H,21,23)/p+1. The van der Waals surface area contributed by atoms with E-state index in [0.717, 1.165) is 17.3 Å². The van der Waals surface area contributed by atoms with Gasteiger partial charge in [-0.3, -0.25) is 10.5 Å². The van der Waals surface area contributed by atoms with Crippen molar-refractivity contribution < 1.29 is 14.2 Å². The predicted octanol–water partition coefficient (Wildman–Crippen LogP) is 2.00. The van der Waals surface area contributed by atoms with Gasteiger partial charge in [-0.25, -0.2) is 9.37 Å². The predicted molar refractivity (Wildman–Crippen MR) is 87.3 cm³/mol. The molecule has 1 aromatic heterocycles. The fourth-order valence-corrected chi connectivity index (χ4v) is 2.67. The fraction of sp³-hybridized carbons (Fsp3) is 0.125. The number of rotatable bonds is 4. The Morgan fingerprint density at radius 3 is 2.67 bits per heavy atom. The lowest BCUT2D eigenvalue weighted by atomic mass is 10.2. The molecule has 0 saturated heterocycles. The molecule has 24 heavy (non-hydrogen) atoms. The number of nitrogens with zero attached hydrogens (tertiary/aromatic N) is 2. The molecule has 2 rings (SSSR count). The average molecular weight is 342 g/mol. The molecule has 0 fully saturated rings. The maximum atomic E-state index is 13.7. The van der Waals surface area contributed by atoms with Crippen LogP contribution in [0.1, 0.15) is 16.7 Å². The van der Waals surface area contributed by atoms with Gasteiger partial charge in [-0.05, 0) is 30.7 Å². The zero-order chi connectivity index (χ0) is 17.7. The van der Waals surface area contributed by atoms with Crippen LogP contribution in [0.4, 0.5) is 15.9 Å². The van der Waals surface area contributed by atoms with E-state index in [2.05, 4.69) is 10.3 Å². The maximum absolute atomic E-state index is 13.7. The van der Waals surface area contributed by atoms with Gasteiger partial charge in [0.15, 0.2) is 5.03 Å². The largest absolute Gasteiger partial charge is 0.323 e. The number of nitrogen functional groups attached to an aromatic ring is 1. The van der Waals surface area contributed by atoms with Crippen molar-refractivity contribution in [2.45, 2.75) is 11.9 Å². The molecule has 0 aliphatic heterocycles. The molecule has 2 aromatic rings. The lowest BCUT2D eigenvalue weighted by Crippen LogP contribution is -2.20. The van der Waals surface area contributed by atoms with Gasteiger partial charge in [0.25, 0.3) is 5.82 Å². The summed E-state index contributed by atoms with van der Waals surface area (Å²) in [6.07, 6.45) is 0. The molecule has 6 nitrogen and oxygen atoms in total. The Bertz CT molecular complexity index is 885. The molecule has 0 unspecified atom stereocenters. The molecule has 0 aliphatic carbocycles. The molecule has 0 aliphatic rings. The second kappa shape index (κ2) is 7.44. The van der Waals surface area contributed by atoms with Crippen molar-refractivity contribution >= 4 is 29.2 Å². The fourth-order valence-electron chi connectivity index (χ4n) is 1.88. The number of benzene rings is 1. The number of aryl methyl sites for hydroxylation is 1. The number of H-pyrrole nitrogens is 1. The molecular formula is C16H13FN5OS+. The third-order valence-corrected chi connectivity index (χ3v) is 4.08. The minimum Gasteiger partial charge on any atom is -0.323 e. The van der Waals surface area contributed by atoms with Crippen molar-refractivity contribution in [3.8, 4) is 12.1 Å². The molecular weight excluding hydrogens is 329 g/mol. The van der Waals surface area contributed by atoms with Gasteiger partial charge in [0.2, 0.25) is 5.91 Å². The van der Waals surface area contributed by atoms with E-state index < -0.39 is 11.7 Å². The Morgan fingerprint density at radius 2 is 2.04 bits per heavy atom. The van der Waals surface area contributed by atoms with Crippen molar-refractivity contribution in [1.29, 1.82) is 10.5 Å². The SMILES string of the molecule is Cc1ccc(NC(=O)CSc2[nH+]c(N)c(C#N)cc2C#N)c(F)c1. The molecule has 1 heterocycles. The van der Waals surface area contributed by atoms with Gasteiger partial charge in [-0.1, -0.05) is 17.8 Å². The molecule has 8 heteroatoms. The number of hydrogen-bond acceptors (Lipinski definition) is 5. The van der Waals surface area contributed by atoms with Crippen LogP contribution in [0.15, 0.2) is 29.3 Å². The van der Waals surface area contributed by atoms with E-state index in [1.54, 1.807) is 13.0 Å². The summed E-state index contributed by atoms with van der Waals surface area (Å²) in [4.78, 5) is 14.7. The van der Waals surface area contributed by atoms with Crippen molar-refractivity contribution in [2.75, 3.05) is 16.8 Å². The molecule has 0 saturated carbocycles. The summed E-state index contributed by atoms with van der Waals surface area (Å²) in [6, 6.07) is 9.66. The molecule has 1 amide bonds. The van der Waals surface area contributed by atoms with E-state index in [4.69, 9.17) is 16.3 Å². The zero-order valence-electron chi connectivity index (χ0n) is 12.7. The van der Waals surface area contributed by atoms with Crippen LogP contribution in [0.5, 0.6) is 0 Å². The molecule has 0 bridgehead atoms. The van der Waals surface area contributed by atoms with Crippen LogP contribution in [0.2, 0.25) is 0 Å². The van der Waals surface area contributed by atoms with Crippen LogP contribution in [-0.2, 0) is 4.79 Å². The van der Waals surface area contributed by atoms with Crippen LogP contribution in [0, 0.1) is 35.4 Å². The molecule has 0 radical (unpaired) electrons. The second-order valence-corrected chi connectivity index (χ2v) is 5.87. The molecule has 120 valence electrons. The van der Waals surface area contributed by atoms with Crippen LogP contribution >= 0.6 is 11.8 Å². The smallest absolute Gasteiger partial charge is 0.289 e. The Labute approximate surface area is 142 Å². The number of halogens is 1. The number of thioether (sulfide) groups is 1. The van der Waals surface area contributed by atoms with Gasteiger partial charge in [0.1, 0.15) is 29.1 Å². The van der Waals surface area contributed by atoms with E-state index in [0.29, 0.717) is 5.03 Å². The summed E-state index contributed by atoms with van der Waals surface area (Å²) in [5.41, 5.74) is 6.88. The zero-order valence-corrected chi connectivity index (χ0v) is 13.5. The molecule has 0 spiro atoms. The number of hydrogen-bond donors (Lipinski definition) is 2. The monoisotopic (exact) mass is 342 g/mol. The highest BCUT2D eigenvalue weighted by molar-refractivity contribution is 7.99. The maximum Gasteiger partial charge on any atom is 0.289 e. The second-order valence-electron chi connectivity index (χ2n) is 4.88. The number of carbonyl (C=O) groups excluding carboxylic acids is 1. The third-order valence-electron chi connectivity index (χ3n) is 3.06. The van der Waals surface area contributed by atoms with E-state index in [9.17, 15) is 9.18 Å². The Morgan fingerprint density at radius 1 is 1.33 bits per heavy atom. The number of aromatic amines is 1. The summed E-state index contributed by atoms with van der Waals surface area (Å²) in [5.74, 6) is -0.878. The van der Waals surface area contributed by atoms with Crippen LogP contribution in [0.25, 0.3) is 0 Å². The third kappa shape index (κ3) is 4.00. The van der Waals surface area contributed by atoms with E-state index >= 15 is 0 Å². The first kappa shape index (κ1) is 17.3. The molecule has 1 aromatic carbocycles. The number of nitriles is 2. The first-order valence-electron chi connectivity index (χ1n) is 6.79. The molecule has 4 N–H and O–H groups in total. The lowest BCUT2D eigenvalue weighted by molar-refractivity contribution is -0.410. The van der Waals surface area contributed by atoms with Crippen LogP contribution in [0.3, 0.4) is 0 Å². The van der Waals surface area contributed by atoms with Crippen molar-refractivity contribution in [3.05, 3.63) is 46.8 Å². The number of carbonyl (C=O) groups is 1. The summed E-state index contributed by atoms with van der Waals surface area (Å²) < 4.78 is 13.7. The summed E-state index contributed by atoms with van der Waals surface area (Å²) >= 11 is 1.04. The first-order valence-corrected chi connectivity index (χ1v) is 7.78. The minimum atomic E-state index is -0.514. The van der Waals surface area contributed by atoms with Crippen molar-refractivity contribution in [2.24, 2.45) is 0 Å². The number of nitrogens with two attached hydrogens (primary N) is 1. The van der Waals surface area contributed by atoms with Crippen LogP contribution < -0.4 is 16.0 Å². The lowest BCUT2D eigenvalue weighted by Gasteiger charge is -2.07. The van der Waals surface area contributed by atoms with Gasteiger partial charge in [0.05, 0.1) is 11.4 Å². The Hall–Kier alpha value is -3.10. The highest BCUT2D eigenvalue weighted by Crippen LogP contribution is 2.21. The van der Waals surface area contributed by atoms with Crippen molar-refractivity contribution in [1.82, 2.24) is 0 Å². The Balaban J connectivity index is 2.08. The highest BCUT2D eigenvalue weighted by atomic mass is 32.2. The van der Waals surface area contributed by atoms with Crippen LogP contribution in [-0.4, -0.2) is 11.7 Å². The highest BCUT2D eigenvalue weighted by Gasteiger charge is 2.16. The van der Waals surface area contributed by atoms with E-state index in [1.807, 2.05) is 12.1 Å². The first-order chi connectivity index (χ1) is 11.4. The quantitative estimate of drug-likeness (QED) is 0.824. The topological polar surface area (TPSA) is 117 Å². The number of anilines is 2. The minimum absolute atomic E-state index is 0.0517. The van der Waals surface area contributed by atoms with Gasteiger partial charge in [-0.2, -0.15) is 10.5 Å². The normalized spacial score (nSPS) is 9.83. The van der Waals surface area contributed by atoms with Gasteiger partial charge >= 0.3 is 0 Å². The summed E-state index contributed by atoms with van der Waals surface area (Å²) in [6.45, 7) is 1.75. The Kier molecular flexibility index (Phi) is 5.35. The average Bonchev–Trinajstić information content (AvgIpc) is 2.55. The molecule has 0 atom stereocenters. The summed E-state index contributed by atoms with van der Waals surface area (Å²) in [5, 5.41) is 20.8. The number of nitrogens with one attached hydrogen (secondary N) is 2. The van der Waals surface area contributed by atoms with Gasteiger partial charge in [0, 0.05) is 0 Å². The summed E-state index contributed by atoms with van der Waals surface area (Å²) in [7, 11) is 0. The number of amides is 1.